The summed E-state index contributed by atoms with van der Waals surface area (Å²) in [6, 6.07) is 38.3. The zero-order chi connectivity index (χ0) is 52.2. The van der Waals surface area contributed by atoms with Crippen molar-refractivity contribution in [2.75, 3.05) is 26.4 Å². The number of hydrogen-bond donors (Lipinski definition) is 0. The molecule has 0 saturated carbocycles. The van der Waals surface area contributed by atoms with E-state index >= 15 is 0 Å². The van der Waals surface area contributed by atoms with E-state index in [0.29, 0.717) is 111 Å². The van der Waals surface area contributed by atoms with Crippen LogP contribution in [-0.2, 0) is 41.5 Å². The molecule has 0 N–H and O–H groups in total. The van der Waals surface area contributed by atoms with Gasteiger partial charge in [-0.3, -0.25) is 9.59 Å². The largest absolute Gasteiger partial charge is 0.494 e. The van der Waals surface area contributed by atoms with Crippen LogP contribution in [0.5, 0.6) is 34.5 Å². The lowest BCUT2D eigenvalue weighted by Crippen LogP contribution is -2.10. The molecule has 74 heavy (non-hydrogen) atoms. The van der Waals surface area contributed by atoms with Gasteiger partial charge in [-0.15, -0.1) is 0 Å². The second-order valence-corrected chi connectivity index (χ2v) is 17.1. The van der Waals surface area contributed by atoms with Gasteiger partial charge in [0.1, 0.15) is 34.5 Å². The fourth-order valence-electron chi connectivity index (χ4n) is 7.85. The number of unbranched alkanes of at least 4 members (excludes halogenated alkanes) is 2. The Bertz CT molecular complexity index is 2740. The van der Waals surface area contributed by atoms with Crippen molar-refractivity contribution in [2.24, 2.45) is 0 Å². The van der Waals surface area contributed by atoms with E-state index in [-0.39, 0.29) is 30.7 Å². The highest BCUT2D eigenvalue weighted by molar-refractivity contribution is 5.92. The predicted octanol–water partition coefficient (Wildman–Crippen LogP) is 11.1. The molecule has 0 bridgehead atoms. The van der Waals surface area contributed by atoms with Crippen LogP contribution in [0.2, 0.25) is 0 Å². The number of esters is 6. The van der Waals surface area contributed by atoms with Crippen molar-refractivity contribution in [1.29, 1.82) is 0 Å². The van der Waals surface area contributed by atoms with E-state index in [1.807, 2.05) is 24.3 Å². The number of aryl methyl sites for hydroxylation is 2. The Labute approximate surface area is 429 Å². The number of hydrogen-bond acceptors (Lipinski definition) is 14. The molecule has 14 heteroatoms. The van der Waals surface area contributed by atoms with Crippen LogP contribution in [0.3, 0.4) is 0 Å². The summed E-state index contributed by atoms with van der Waals surface area (Å²) in [5.41, 5.74) is 6.47. The quantitative estimate of drug-likeness (QED) is 0.0217. The lowest BCUT2D eigenvalue weighted by Gasteiger charge is -2.10. The first kappa shape index (κ1) is 53.0. The minimum Gasteiger partial charge on any atom is -0.494 e. The van der Waals surface area contributed by atoms with E-state index in [2.05, 4.69) is 20.1 Å². The Balaban J connectivity index is 0.797. The standard InChI is InChI=1S/C60H56O14/c1-4-55(61)69-36-8-6-34-67-45-24-16-43(17-25-45)59(65)73-47-20-10-41(11-21-47)14-32-57(63)71-49-28-30-51-52-31-29-50(39-54(52)40(3)53(51)38-49)72-58(64)33-15-42-12-22-48(23-13-42)74-60(66)44-18-26-46(27-19-44)68-35-7-9-37-70-56(62)5-2/h4-5,10-13,16-31,38-40H,1-2,6-9,14-15,32-37H2,3H3. The maximum absolute atomic E-state index is 13.0. The van der Waals surface area contributed by atoms with Crippen LogP contribution in [0.15, 0.2) is 159 Å². The average Bonchev–Trinajstić information content (AvgIpc) is 3.69. The van der Waals surface area contributed by atoms with Crippen LogP contribution in [0.4, 0.5) is 0 Å². The number of rotatable bonds is 26. The fraction of sp³-hybridized carbons (Fsp3) is 0.233. The monoisotopic (exact) mass is 1000 g/mol. The first-order chi connectivity index (χ1) is 35.9. The van der Waals surface area contributed by atoms with Crippen molar-refractivity contribution in [1.82, 2.24) is 0 Å². The number of carbonyl (C=O) groups is 6. The molecule has 0 atom stereocenters. The molecule has 0 saturated heterocycles. The smallest absolute Gasteiger partial charge is 0.343 e. The van der Waals surface area contributed by atoms with Crippen LogP contribution in [0, 0.1) is 0 Å². The van der Waals surface area contributed by atoms with Crippen molar-refractivity contribution in [3.8, 4) is 45.6 Å². The summed E-state index contributed by atoms with van der Waals surface area (Å²) in [4.78, 5) is 73.7. The maximum atomic E-state index is 13.0. The van der Waals surface area contributed by atoms with Gasteiger partial charge in [-0.1, -0.05) is 56.5 Å². The van der Waals surface area contributed by atoms with E-state index in [4.69, 9.17) is 37.9 Å². The van der Waals surface area contributed by atoms with Gasteiger partial charge in [0.05, 0.1) is 37.6 Å². The highest BCUT2D eigenvalue weighted by Crippen LogP contribution is 2.47. The normalized spacial score (nSPS) is 11.3. The number of fused-ring (bicyclic) bond motifs is 3. The third-order valence-corrected chi connectivity index (χ3v) is 11.9. The van der Waals surface area contributed by atoms with Crippen LogP contribution >= 0.6 is 0 Å². The van der Waals surface area contributed by atoms with Gasteiger partial charge in [-0.2, -0.15) is 0 Å². The molecular weight excluding hydrogens is 945 g/mol. The fourth-order valence-corrected chi connectivity index (χ4v) is 7.85. The molecular formula is C60H56O14. The van der Waals surface area contributed by atoms with Crippen LogP contribution in [0.25, 0.3) is 11.1 Å². The zero-order valence-corrected chi connectivity index (χ0v) is 41.0. The Morgan fingerprint density at radius 2 is 0.784 bits per heavy atom. The number of benzene rings is 6. The third-order valence-electron chi connectivity index (χ3n) is 11.9. The highest BCUT2D eigenvalue weighted by atomic mass is 16.6. The summed E-state index contributed by atoms with van der Waals surface area (Å²) in [6.45, 7) is 10.2. The summed E-state index contributed by atoms with van der Waals surface area (Å²) in [5, 5.41) is 0. The minimum atomic E-state index is -0.520. The lowest BCUT2D eigenvalue weighted by molar-refractivity contribution is -0.138. The van der Waals surface area contributed by atoms with E-state index in [9.17, 15) is 28.8 Å². The van der Waals surface area contributed by atoms with E-state index in [1.165, 1.54) is 0 Å². The molecule has 0 spiro atoms. The predicted molar refractivity (Wildman–Crippen MR) is 275 cm³/mol. The molecule has 0 unspecified atom stereocenters. The second kappa shape index (κ2) is 26.6. The van der Waals surface area contributed by atoms with Crippen molar-refractivity contribution in [3.63, 3.8) is 0 Å². The summed E-state index contributed by atoms with van der Waals surface area (Å²) < 4.78 is 43.9. The van der Waals surface area contributed by atoms with Crippen LogP contribution in [-0.4, -0.2) is 62.2 Å². The maximum Gasteiger partial charge on any atom is 0.343 e. The zero-order valence-electron chi connectivity index (χ0n) is 41.0. The third kappa shape index (κ3) is 15.6. The molecule has 0 amide bonds. The first-order valence-corrected chi connectivity index (χ1v) is 24.3. The van der Waals surface area contributed by atoms with Crippen molar-refractivity contribution < 1.29 is 66.7 Å². The van der Waals surface area contributed by atoms with Crippen molar-refractivity contribution >= 4 is 35.8 Å². The van der Waals surface area contributed by atoms with E-state index in [0.717, 1.165) is 45.5 Å². The summed E-state index contributed by atoms with van der Waals surface area (Å²) in [6.07, 6.45) is 6.04. The van der Waals surface area contributed by atoms with Gasteiger partial charge in [-0.25, -0.2) is 19.2 Å². The van der Waals surface area contributed by atoms with Gasteiger partial charge < -0.3 is 37.9 Å². The van der Waals surface area contributed by atoms with Crippen molar-refractivity contribution in [2.45, 2.75) is 64.2 Å². The number of ether oxygens (including phenoxy) is 8. The summed E-state index contributed by atoms with van der Waals surface area (Å²) in [5.74, 6) is 0.0261. The minimum absolute atomic E-state index is 0.0482. The molecule has 0 aliphatic heterocycles. The highest BCUT2D eigenvalue weighted by Gasteiger charge is 2.27. The Hall–Kier alpha value is -8.78. The molecule has 6 aromatic carbocycles. The number of carbonyl (C=O) groups excluding carboxylic acids is 6. The van der Waals surface area contributed by atoms with Crippen LogP contribution < -0.4 is 28.4 Å². The molecule has 0 fully saturated rings. The van der Waals surface area contributed by atoms with E-state index in [1.54, 1.807) is 109 Å². The first-order valence-electron chi connectivity index (χ1n) is 24.3. The molecule has 0 aromatic heterocycles. The molecule has 0 radical (unpaired) electrons. The average molecular weight is 1000 g/mol. The molecule has 1 aliphatic carbocycles. The lowest BCUT2D eigenvalue weighted by atomic mass is 9.99. The van der Waals surface area contributed by atoms with Crippen LogP contribution in [0.1, 0.15) is 94.3 Å². The second-order valence-electron chi connectivity index (χ2n) is 17.1. The Morgan fingerprint density at radius 1 is 0.432 bits per heavy atom. The molecule has 6 aromatic rings. The van der Waals surface area contributed by atoms with E-state index < -0.39 is 23.9 Å². The summed E-state index contributed by atoms with van der Waals surface area (Å²) in [7, 11) is 0. The molecule has 380 valence electrons. The van der Waals surface area contributed by atoms with Gasteiger partial charge in [0.15, 0.2) is 0 Å². The van der Waals surface area contributed by atoms with Gasteiger partial charge >= 0.3 is 35.8 Å². The van der Waals surface area contributed by atoms with Gasteiger partial charge in [0.25, 0.3) is 0 Å². The molecule has 7 rings (SSSR count). The summed E-state index contributed by atoms with van der Waals surface area (Å²) >= 11 is 0. The topological polar surface area (TPSA) is 176 Å². The molecule has 1 aliphatic rings. The Kier molecular flexibility index (Phi) is 19.1. The van der Waals surface area contributed by atoms with Gasteiger partial charge in [0.2, 0.25) is 0 Å². The molecule has 14 nitrogen and oxygen atoms in total. The van der Waals surface area contributed by atoms with Crippen molar-refractivity contribution in [3.05, 3.63) is 192 Å². The van der Waals surface area contributed by atoms with Gasteiger partial charge in [-0.05, 0) is 169 Å². The SMILES string of the molecule is C=CC(=O)OCCCCOc1ccc(C(=O)Oc2ccc(CCC(=O)Oc3ccc4c(c3)C(C)c3cc(OC(=O)CCc5ccc(OC(=O)c6ccc(OCCCCOC(=O)C=C)cc6)cc5)ccc3-4)cc2)cc1. The molecule has 0 heterocycles. The van der Waals surface area contributed by atoms with Gasteiger partial charge in [0, 0.05) is 30.9 Å². The Morgan fingerprint density at radius 3 is 1.16 bits per heavy atom.